The Hall–Kier alpha value is -0.970. The van der Waals surface area contributed by atoms with Gasteiger partial charge in [0.1, 0.15) is 0 Å². The van der Waals surface area contributed by atoms with Crippen LogP contribution in [0.15, 0.2) is 30.3 Å². The quantitative estimate of drug-likeness (QED) is 0.743. The lowest BCUT2D eigenvalue weighted by atomic mass is 9.85. The van der Waals surface area contributed by atoms with E-state index in [4.69, 9.17) is 52.1 Å². The topological polar surface area (TPSA) is 46.3 Å². The summed E-state index contributed by atoms with van der Waals surface area (Å²) in [5.74, 6) is -0.282. The van der Waals surface area contributed by atoms with E-state index in [9.17, 15) is 4.79 Å². The van der Waals surface area contributed by atoms with Gasteiger partial charge in [0.05, 0.1) is 20.8 Å². The Bertz CT molecular complexity index is 853. The van der Waals surface area contributed by atoms with Gasteiger partial charge in [-0.25, -0.2) is 0 Å². The van der Waals surface area contributed by atoms with Gasteiger partial charge in [0.15, 0.2) is 5.54 Å². The first-order chi connectivity index (χ1) is 11.2. The molecule has 1 amide bonds. The molecule has 1 aliphatic rings. The van der Waals surface area contributed by atoms with Crippen LogP contribution in [0.4, 0.5) is 5.69 Å². The molecule has 0 fully saturated rings. The standard InChI is InChI=1S/C17H14Cl4N2O/c1-8(2)23-14-7-10(18)6-13(21)15(14)17(22,16(23)24)9-3-4-11(19)12(20)5-9/h3-8H,22H2,1-2H3. The van der Waals surface area contributed by atoms with E-state index in [1.165, 1.54) is 0 Å². The predicted octanol–water partition coefficient (Wildman–Crippen LogP) is 5.26. The van der Waals surface area contributed by atoms with Gasteiger partial charge < -0.3 is 10.6 Å². The van der Waals surface area contributed by atoms with Gasteiger partial charge in [0.25, 0.3) is 5.91 Å². The number of amides is 1. The van der Waals surface area contributed by atoms with Crippen molar-refractivity contribution in [2.24, 2.45) is 5.73 Å². The van der Waals surface area contributed by atoms with Gasteiger partial charge in [0, 0.05) is 16.6 Å². The Morgan fingerprint density at radius 3 is 2.25 bits per heavy atom. The fourth-order valence-corrected chi connectivity index (χ4v) is 4.00. The van der Waals surface area contributed by atoms with Crippen LogP contribution in [0.25, 0.3) is 0 Å². The molecule has 0 spiro atoms. The molecule has 1 unspecified atom stereocenters. The van der Waals surface area contributed by atoms with Crippen molar-refractivity contribution in [3.8, 4) is 0 Å². The molecule has 2 N–H and O–H groups in total. The second-order valence-electron chi connectivity index (χ2n) is 5.99. The summed E-state index contributed by atoms with van der Waals surface area (Å²) in [5.41, 5.74) is 6.82. The van der Waals surface area contributed by atoms with Crippen LogP contribution in [-0.4, -0.2) is 11.9 Å². The second-order valence-corrected chi connectivity index (χ2v) is 7.65. The number of nitrogens with two attached hydrogens (primary N) is 1. The number of fused-ring (bicyclic) bond motifs is 1. The first kappa shape index (κ1) is 17.8. The van der Waals surface area contributed by atoms with Crippen molar-refractivity contribution < 1.29 is 4.79 Å². The fourth-order valence-electron chi connectivity index (χ4n) is 3.07. The van der Waals surface area contributed by atoms with E-state index in [0.29, 0.717) is 36.9 Å². The average molecular weight is 404 g/mol. The smallest absolute Gasteiger partial charge is 0.256 e. The van der Waals surface area contributed by atoms with Gasteiger partial charge in [-0.15, -0.1) is 0 Å². The molecule has 0 aliphatic carbocycles. The maximum absolute atomic E-state index is 13.2. The zero-order chi connectivity index (χ0) is 17.8. The second kappa shape index (κ2) is 6.08. The highest BCUT2D eigenvalue weighted by Gasteiger charge is 2.51. The zero-order valence-electron chi connectivity index (χ0n) is 12.9. The third-order valence-electron chi connectivity index (χ3n) is 4.14. The summed E-state index contributed by atoms with van der Waals surface area (Å²) >= 11 is 24.7. The van der Waals surface area contributed by atoms with E-state index in [1.807, 2.05) is 13.8 Å². The third-order valence-corrected chi connectivity index (χ3v) is 5.39. The van der Waals surface area contributed by atoms with Crippen LogP contribution in [0.3, 0.4) is 0 Å². The van der Waals surface area contributed by atoms with Crippen LogP contribution in [0.5, 0.6) is 0 Å². The van der Waals surface area contributed by atoms with Crippen LogP contribution in [0.2, 0.25) is 20.1 Å². The van der Waals surface area contributed by atoms with Gasteiger partial charge >= 0.3 is 0 Å². The van der Waals surface area contributed by atoms with Crippen LogP contribution >= 0.6 is 46.4 Å². The number of hydrogen-bond donors (Lipinski definition) is 1. The number of carbonyl (C=O) groups is 1. The monoisotopic (exact) mass is 402 g/mol. The minimum atomic E-state index is -1.45. The lowest BCUT2D eigenvalue weighted by molar-refractivity contribution is -0.122. The highest BCUT2D eigenvalue weighted by molar-refractivity contribution is 6.42. The maximum Gasteiger partial charge on any atom is 0.256 e. The van der Waals surface area contributed by atoms with E-state index >= 15 is 0 Å². The molecule has 24 heavy (non-hydrogen) atoms. The van der Waals surface area contributed by atoms with Gasteiger partial charge in [-0.3, -0.25) is 4.79 Å². The minimum Gasteiger partial charge on any atom is -0.310 e. The van der Waals surface area contributed by atoms with Gasteiger partial charge in [-0.1, -0.05) is 52.5 Å². The SMILES string of the molecule is CC(C)N1C(=O)C(N)(c2ccc(Cl)c(Cl)c2)c2c(Cl)cc(Cl)cc21. The van der Waals surface area contributed by atoms with Crippen molar-refractivity contribution in [2.75, 3.05) is 4.90 Å². The molecule has 2 aromatic rings. The number of anilines is 1. The summed E-state index contributed by atoms with van der Waals surface area (Å²) in [4.78, 5) is 14.8. The Labute approximate surface area is 160 Å². The van der Waals surface area contributed by atoms with Crippen LogP contribution in [0, 0.1) is 0 Å². The Balaban J connectivity index is 2.33. The van der Waals surface area contributed by atoms with E-state index in [0.717, 1.165) is 0 Å². The molecule has 0 radical (unpaired) electrons. The van der Waals surface area contributed by atoms with Crippen molar-refractivity contribution in [2.45, 2.75) is 25.4 Å². The molecule has 1 heterocycles. The molecular formula is C17H14Cl4N2O. The van der Waals surface area contributed by atoms with E-state index in [-0.39, 0.29) is 11.9 Å². The van der Waals surface area contributed by atoms with Crippen molar-refractivity contribution in [3.63, 3.8) is 0 Å². The molecule has 1 atom stereocenters. The number of hydrogen-bond acceptors (Lipinski definition) is 2. The predicted molar refractivity (Wildman–Crippen MR) is 101 cm³/mol. The molecule has 0 saturated heterocycles. The summed E-state index contributed by atoms with van der Waals surface area (Å²) < 4.78 is 0. The molecule has 0 aromatic heterocycles. The summed E-state index contributed by atoms with van der Waals surface area (Å²) in [5, 5.41) is 1.48. The van der Waals surface area contributed by atoms with Crippen molar-refractivity contribution in [1.82, 2.24) is 0 Å². The molecule has 3 nitrogen and oxygen atoms in total. The third kappa shape index (κ3) is 2.51. The highest BCUT2D eigenvalue weighted by Crippen LogP contribution is 2.48. The summed E-state index contributed by atoms with van der Waals surface area (Å²) in [6.07, 6.45) is 0. The largest absolute Gasteiger partial charge is 0.310 e. The van der Waals surface area contributed by atoms with E-state index < -0.39 is 5.54 Å². The van der Waals surface area contributed by atoms with Crippen LogP contribution in [-0.2, 0) is 10.3 Å². The summed E-state index contributed by atoms with van der Waals surface area (Å²) in [7, 11) is 0. The number of rotatable bonds is 2. The molecule has 3 rings (SSSR count). The number of halogens is 4. The maximum atomic E-state index is 13.2. The summed E-state index contributed by atoms with van der Waals surface area (Å²) in [6, 6.07) is 8.07. The molecule has 7 heteroatoms. The Morgan fingerprint density at radius 1 is 1.00 bits per heavy atom. The van der Waals surface area contributed by atoms with Crippen molar-refractivity contribution in [3.05, 3.63) is 61.5 Å². The summed E-state index contributed by atoms with van der Waals surface area (Å²) in [6.45, 7) is 3.80. The molecule has 126 valence electrons. The molecule has 2 aromatic carbocycles. The lowest BCUT2D eigenvalue weighted by Crippen LogP contribution is -2.50. The first-order valence-corrected chi connectivity index (χ1v) is 8.76. The molecular weight excluding hydrogens is 390 g/mol. The minimum absolute atomic E-state index is 0.112. The molecule has 0 bridgehead atoms. The van der Waals surface area contributed by atoms with E-state index in [2.05, 4.69) is 0 Å². The Morgan fingerprint density at radius 2 is 1.67 bits per heavy atom. The molecule has 1 aliphatic heterocycles. The Kier molecular flexibility index (Phi) is 4.52. The zero-order valence-corrected chi connectivity index (χ0v) is 15.9. The number of carbonyl (C=O) groups excluding carboxylic acids is 1. The first-order valence-electron chi connectivity index (χ1n) is 7.25. The van der Waals surface area contributed by atoms with Crippen molar-refractivity contribution in [1.29, 1.82) is 0 Å². The molecule has 0 saturated carbocycles. The van der Waals surface area contributed by atoms with Crippen LogP contribution in [0.1, 0.15) is 25.0 Å². The number of nitrogens with zero attached hydrogens (tertiary/aromatic N) is 1. The van der Waals surface area contributed by atoms with Crippen molar-refractivity contribution >= 4 is 58.0 Å². The normalized spacial score (nSPS) is 20.0. The lowest BCUT2D eigenvalue weighted by Gasteiger charge is -2.27. The average Bonchev–Trinajstić information content (AvgIpc) is 2.71. The highest BCUT2D eigenvalue weighted by atomic mass is 35.5. The van der Waals surface area contributed by atoms with E-state index in [1.54, 1.807) is 35.2 Å². The van der Waals surface area contributed by atoms with Gasteiger partial charge in [-0.05, 0) is 43.7 Å². The van der Waals surface area contributed by atoms with Gasteiger partial charge in [0.2, 0.25) is 0 Å². The number of benzene rings is 2. The van der Waals surface area contributed by atoms with Crippen LogP contribution < -0.4 is 10.6 Å². The van der Waals surface area contributed by atoms with Gasteiger partial charge in [-0.2, -0.15) is 0 Å². The fraction of sp³-hybridized carbons (Fsp3) is 0.235.